The van der Waals surface area contributed by atoms with E-state index >= 15 is 0 Å². The second-order valence-corrected chi connectivity index (χ2v) is 4.86. The molecule has 2 unspecified atom stereocenters. The fourth-order valence-electron chi connectivity index (χ4n) is 2.59. The minimum atomic E-state index is 0.563. The summed E-state index contributed by atoms with van der Waals surface area (Å²) >= 11 is 0. The lowest BCUT2D eigenvalue weighted by Gasteiger charge is -2.32. The summed E-state index contributed by atoms with van der Waals surface area (Å²) in [7, 11) is 3.71. The maximum Gasteiger partial charge on any atom is 0.137 e. The van der Waals surface area contributed by atoms with Crippen LogP contribution in [0.1, 0.15) is 31.4 Å². The van der Waals surface area contributed by atoms with Crippen LogP contribution in [0.25, 0.3) is 0 Å². The van der Waals surface area contributed by atoms with Crippen molar-refractivity contribution in [2.45, 2.75) is 44.3 Å². The van der Waals surface area contributed by atoms with Gasteiger partial charge in [0.1, 0.15) is 5.75 Å². The highest BCUT2D eigenvalue weighted by atomic mass is 16.5. The Bertz CT molecular complexity index is 353. The largest absolute Gasteiger partial charge is 0.495 e. The monoisotopic (exact) mass is 249 g/mol. The van der Waals surface area contributed by atoms with Gasteiger partial charge in [-0.1, -0.05) is 12.8 Å². The zero-order chi connectivity index (χ0) is 12.8. The molecule has 1 aromatic rings. The maximum atomic E-state index is 5.11. The molecular weight excluding hydrogens is 226 g/mol. The second-order valence-electron chi connectivity index (χ2n) is 4.86. The molecule has 0 saturated heterocycles. The minimum Gasteiger partial charge on any atom is -0.495 e. The Labute approximate surface area is 109 Å². The van der Waals surface area contributed by atoms with E-state index in [1.54, 1.807) is 13.3 Å². The topological polar surface area (TPSA) is 46.2 Å². The van der Waals surface area contributed by atoms with E-state index in [9.17, 15) is 0 Å². The summed E-state index contributed by atoms with van der Waals surface area (Å²) in [6, 6.07) is 5.13. The molecule has 100 valence electrons. The first-order chi connectivity index (χ1) is 8.83. The lowest BCUT2D eigenvalue weighted by Crippen LogP contribution is -2.48. The summed E-state index contributed by atoms with van der Waals surface area (Å²) in [6.07, 6.45) is 6.95. The van der Waals surface area contributed by atoms with E-state index in [-0.39, 0.29) is 0 Å². The highest BCUT2D eigenvalue weighted by Crippen LogP contribution is 2.18. The van der Waals surface area contributed by atoms with Gasteiger partial charge >= 0.3 is 0 Å². The van der Waals surface area contributed by atoms with Crippen molar-refractivity contribution < 1.29 is 4.74 Å². The van der Waals surface area contributed by atoms with E-state index in [0.717, 1.165) is 18.0 Å². The van der Waals surface area contributed by atoms with Gasteiger partial charge in [0.05, 0.1) is 19.0 Å². The number of pyridine rings is 1. The summed E-state index contributed by atoms with van der Waals surface area (Å²) in [4.78, 5) is 4.38. The molecule has 1 saturated carbocycles. The number of rotatable bonds is 5. The number of aromatic nitrogens is 1. The molecule has 0 bridgehead atoms. The van der Waals surface area contributed by atoms with Crippen LogP contribution >= 0.6 is 0 Å². The maximum absolute atomic E-state index is 5.11. The lowest BCUT2D eigenvalue weighted by molar-refractivity contribution is 0.293. The molecule has 4 nitrogen and oxygen atoms in total. The van der Waals surface area contributed by atoms with Gasteiger partial charge in [0.15, 0.2) is 0 Å². The second kappa shape index (κ2) is 6.71. The number of hydrogen-bond acceptors (Lipinski definition) is 4. The molecule has 1 aromatic heterocycles. The molecule has 1 heterocycles. The van der Waals surface area contributed by atoms with E-state index in [0.29, 0.717) is 12.1 Å². The Morgan fingerprint density at radius 1 is 1.28 bits per heavy atom. The molecule has 1 aliphatic rings. The molecule has 0 aromatic carbocycles. The predicted octanol–water partition coefficient (Wildman–Crippen LogP) is 1.71. The van der Waals surface area contributed by atoms with Crippen LogP contribution in [-0.4, -0.2) is 31.2 Å². The van der Waals surface area contributed by atoms with E-state index < -0.39 is 0 Å². The number of methoxy groups -OCH3 is 1. The molecule has 0 spiro atoms. The van der Waals surface area contributed by atoms with Gasteiger partial charge in [-0.2, -0.15) is 0 Å². The standard InChI is InChI=1S/C14H23N3O/c1-15-13-5-3-4-6-14(13)17-9-11-7-8-12(18-2)10-16-11/h7-8,10,13-15,17H,3-6,9H2,1-2H3. The van der Waals surface area contributed by atoms with E-state index in [1.807, 2.05) is 12.1 Å². The number of nitrogens with zero attached hydrogens (tertiary/aromatic N) is 1. The molecule has 0 aliphatic heterocycles. The highest BCUT2D eigenvalue weighted by molar-refractivity contribution is 5.19. The predicted molar refractivity (Wildman–Crippen MR) is 72.7 cm³/mol. The average molecular weight is 249 g/mol. The van der Waals surface area contributed by atoms with Gasteiger partial charge in [0.25, 0.3) is 0 Å². The Kier molecular flexibility index (Phi) is 4.96. The van der Waals surface area contributed by atoms with Crippen LogP contribution in [0.5, 0.6) is 5.75 Å². The summed E-state index contributed by atoms with van der Waals surface area (Å²) in [5, 5.41) is 7.02. The molecule has 4 heteroatoms. The third-order valence-corrected chi connectivity index (χ3v) is 3.72. The van der Waals surface area contributed by atoms with Gasteiger partial charge < -0.3 is 15.4 Å². The number of nitrogens with one attached hydrogen (secondary N) is 2. The van der Waals surface area contributed by atoms with E-state index in [1.165, 1.54) is 25.7 Å². The van der Waals surface area contributed by atoms with Crippen LogP contribution in [-0.2, 0) is 6.54 Å². The van der Waals surface area contributed by atoms with Crippen molar-refractivity contribution in [3.05, 3.63) is 24.0 Å². The average Bonchev–Trinajstić information content (AvgIpc) is 2.46. The fraction of sp³-hybridized carbons (Fsp3) is 0.643. The summed E-state index contributed by atoms with van der Waals surface area (Å²) in [5.74, 6) is 0.810. The Hall–Kier alpha value is -1.13. The molecule has 1 aliphatic carbocycles. The summed E-state index contributed by atoms with van der Waals surface area (Å²) in [5.41, 5.74) is 1.07. The number of ether oxygens (including phenoxy) is 1. The van der Waals surface area contributed by atoms with Crippen molar-refractivity contribution in [1.82, 2.24) is 15.6 Å². The molecule has 2 atom stereocenters. The normalized spacial score (nSPS) is 23.9. The Balaban J connectivity index is 1.85. The fourth-order valence-corrected chi connectivity index (χ4v) is 2.59. The zero-order valence-corrected chi connectivity index (χ0v) is 11.3. The van der Waals surface area contributed by atoms with Crippen molar-refractivity contribution in [3.63, 3.8) is 0 Å². The van der Waals surface area contributed by atoms with Gasteiger partial charge in [-0.3, -0.25) is 4.98 Å². The van der Waals surface area contributed by atoms with Crippen molar-refractivity contribution in [2.75, 3.05) is 14.2 Å². The van der Waals surface area contributed by atoms with Crippen molar-refractivity contribution in [2.24, 2.45) is 0 Å². The van der Waals surface area contributed by atoms with Gasteiger partial charge in [-0.25, -0.2) is 0 Å². The first-order valence-corrected chi connectivity index (χ1v) is 6.73. The van der Waals surface area contributed by atoms with E-state index in [4.69, 9.17) is 4.74 Å². The zero-order valence-electron chi connectivity index (χ0n) is 11.3. The molecule has 0 amide bonds. The van der Waals surface area contributed by atoms with Gasteiger partial charge in [0.2, 0.25) is 0 Å². The van der Waals surface area contributed by atoms with Crippen molar-refractivity contribution in [1.29, 1.82) is 0 Å². The van der Waals surface area contributed by atoms with Crippen LogP contribution < -0.4 is 15.4 Å². The first kappa shape index (κ1) is 13.3. The molecule has 2 rings (SSSR count). The van der Waals surface area contributed by atoms with Crippen LogP contribution in [0.4, 0.5) is 0 Å². The molecule has 0 radical (unpaired) electrons. The van der Waals surface area contributed by atoms with Crippen LogP contribution in [0.15, 0.2) is 18.3 Å². The minimum absolute atomic E-state index is 0.563. The number of likely N-dealkylation sites (N-methyl/N-ethyl adjacent to an activating group) is 1. The first-order valence-electron chi connectivity index (χ1n) is 6.73. The molecule has 18 heavy (non-hydrogen) atoms. The number of hydrogen-bond donors (Lipinski definition) is 2. The van der Waals surface area contributed by atoms with Crippen LogP contribution in [0, 0.1) is 0 Å². The molecule has 2 N–H and O–H groups in total. The third kappa shape index (κ3) is 3.43. The van der Waals surface area contributed by atoms with Crippen molar-refractivity contribution >= 4 is 0 Å². The van der Waals surface area contributed by atoms with Crippen LogP contribution in [0.2, 0.25) is 0 Å². The molecular formula is C14H23N3O. The summed E-state index contributed by atoms with van der Waals surface area (Å²) in [6.45, 7) is 0.826. The van der Waals surface area contributed by atoms with Gasteiger partial charge in [0, 0.05) is 18.6 Å². The quantitative estimate of drug-likeness (QED) is 0.834. The van der Waals surface area contributed by atoms with E-state index in [2.05, 4.69) is 22.7 Å². The van der Waals surface area contributed by atoms with Crippen LogP contribution in [0.3, 0.4) is 0 Å². The highest BCUT2D eigenvalue weighted by Gasteiger charge is 2.22. The lowest BCUT2D eigenvalue weighted by atomic mass is 9.90. The van der Waals surface area contributed by atoms with Gasteiger partial charge in [-0.05, 0) is 32.0 Å². The Morgan fingerprint density at radius 3 is 2.67 bits per heavy atom. The third-order valence-electron chi connectivity index (χ3n) is 3.72. The smallest absolute Gasteiger partial charge is 0.137 e. The molecule has 1 fully saturated rings. The summed E-state index contributed by atoms with van der Waals surface area (Å²) < 4.78 is 5.11. The Morgan fingerprint density at radius 2 is 2.06 bits per heavy atom. The SMILES string of the molecule is CNC1CCCCC1NCc1ccc(OC)cn1. The van der Waals surface area contributed by atoms with Gasteiger partial charge in [-0.15, -0.1) is 0 Å². The van der Waals surface area contributed by atoms with Crippen molar-refractivity contribution in [3.8, 4) is 5.75 Å².